The molecule has 5 nitrogen and oxygen atoms in total. The zero-order valence-corrected chi connectivity index (χ0v) is 22.8. The van der Waals surface area contributed by atoms with Gasteiger partial charge in [-0.2, -0.15) is 0 Å². The van der Waals surface area contributed by atoms with Crippen LogP contribution >= 0.6 is 11.3 Å². The molecule has 0 saturated heterocycles. The largest absolute Gasteiger partial charge is 0.494 e. The Balaban J connectivity index is 1.50. The molecular formula is C30H40N2O3S. The van der Waals surface area contributed by atoms with Gasteiger partial charge in [-0.25, -0.2) is 14.8 Å². The monoisotopic (exact) mass is 508 g/mol. The number of benzene rings is 1. The molecule has 3 rings (SSSR count). The molecular weight excluding hydrogens is 468 g/mol. The van der Waals surface area contributed by atoms with Gasteiger partial charge in [0.15, 0.2) is 5.82 Å². The summed E-state index contributed by atoms with van der Waals surface area (Å²) in [6.45, 7) is 7.14. The molecule has 0 fully saturated rings. The van der Waals surface area contributed by atoms with E-state index in [1.165, 1.54) is 56.3 Å². The first-order valence-corrected chi connectivity index (χ1v) is 14.3. The average Bonchev–Trinajstić information content (AvgIpc) is 3.40. The molecule has 2 aromatic heterocycles. The molecule has 2 heterocycles. The van der Waals surface area contributed by atoms with Crippen molar-refractivity contribution in [1.82, 2.24) is 9.97 Å². The van der Waals surface area contributed by atoms with Gasteiger partial charge in [-0.1, -0.05) is 58.8 Å². The molecule has 0 amide bonds. The zero-order chi connectivity index (χ0) is 25.6. The molecule has 0 N–H and O–H groups in total. The van der Waals surface area contributed by atoms with Crippen molar-refractivity contribution < 1.29 is 14.3 Å². The van der Waals surface area contributed by atoms with E-state index in [-0.39, 0.29) is 12.1 Å². The van der Waals surface area contributed by atoms with Crippen LogP contribution in [0.15, 0.2) is 48.8 Å². The van der Waals surface area contributed by atoms with Crippen LogP contribution in [0.3, 0.4) is 0 Å². The van der Waals surface area contributed by atoms with Gasteiger partial charge in [0.25, 0.3) is 0 Å². The fourth-order valence-corrected chi connectivity index (χ4v) is 4.83. The first kappa shape index (κ1) is 27.9. The highest BCUT2D eigenvalue weighted by atomic mass is 32.1. The number of ether oxygens (including phenoxy) is 2. The van der Waals surface area contributed by atoms with Crippen LogP contribution in [-0.2, 0) is 4.74 Å². The van der Waals surface area contributed by atoms with Crippen LogP contribution in [0.5, 0.6) is 5.75 Å². The Kier molecular flexibility index (Phi) is 11.9. The van der Waals surface area contributed by atoms with E-state index in [9.17, 15) is 4.79 Å². The van der Waals surface area contributed by atoms with Crippen molar-refractivity contribution in [1.29, 1.82) is 0 Å². The summed E-state index contributed by atoms with van der Waals surface area (Å²) in [5.74, 6) is 1.28. The van der Waals surface area contributed by atoms with Crippen molar-refractivity contribution in [2.24, 2.45) is 0 Å². The van der Waals surface area contributed by atoms with Crippen LogP contribution in [0, 0.1) is 0 Å². The maximum Gasteiger partial charge on any atom is 0.348 e. The number of hydrogen-bond donors (Lipinski definition) is 0. The van der Waals surface area contributed by atoms with Gasteiger partial charge in [0.2, 0.25) is 0 Å². The molecule has 0 saturated carbocycles. The first-order chi connectivity index (χ1) is 17.6. The highest BCUT2D eigenvalue weighted by molar-refractivity contribution is 7.17. The predicted octanol–water partition coefficient (Wildman–Crippen LogP) is 8.74. The number of aromatic nitrogens is 2. The number of rotatable bonds is 16. The summed E-state index contributed by atoms with van der Waals surface area (Å²) in [6, 6.07) is 11.7. The van der Waals surface area contributed by atoms with Gasteiger partial charge in [0, 0.05) is 28.4 Å². The van der Waals surface area contributed by atoms with Gasteiger partial charge < -0.3 is 9.47 Å². The first-order valence-electron chi connectivity index (χ1n) is 13.5. The molecule has 0 radical (unpaired) electrons. The molecule has 194 valence electrons. The van der Waals surface area contributed by atoms with Gasteiger partial charge in [-0.05, 0) is 62.6 Å². The summed E-state index contributed by atoms with van der Waals surface area (Å²) >= 11 is 1.41. The molecule has 1 atom stereocenters. The van der Waals surface area contributed by atoms with Gasteiger partial charge >= 0.3 is 5.97 Å². The van der Waals surface area contributed by atoms with E-state index in [1.54, 1.807) is 12.4 Å². The third kappa shape index (κ3) is 9.05. The standard InChI is InChI=1S/C30H40N2O3S/c1-4-6-8-10-12-20-34-26-16-14-24(15-17-26)29-31-21-25(22-32-29)27-18-19-28(36-27)30(33)35-23(3)13-11-9-7-5-2/h14-19,21-23H,4-13,20H2,1-3H3. The van der Waals surface area contributed by atoms with Crippen molar-refractivity contribution in [2.75, 3.05) is 6.61 Å². The van der Waals surface area contributed by atoms with Gasteiger partial charge in [-0.3, -0.25) is 0 Å². The van der Waals surface area contributed by atoms with E-state index < -0.39 is 0 Å². The van der Waals surface area contributed by atoms with Crippen molar-refractivity contribution in [3.63, 3.8) is 0 Å². The maximum absolute atomic E-state index is 12.5. The second-order valence-corrected chi connectivity index (χ2v) is 10.4. The minimum absolute atomic E-state index is 0.0647. The molecule has 36 heavy (non-hydrogen) atoms. The van der Waals surface area contributed by atoms with Crippen LogP contribution in [0.4, 0.5) is 0 Å². The van der Waals surface area contributed by atoms with Crippen LogP contribution < -0.4 is 4.74 Å². The quantitative estimate of drug-likeness (QED) is 0.143. The van der Waals surface area contributed by atoms with E-state index in [0.717, 1.165) is 47.6 Å². The smallest absolute Gasteiger partial charge is 0.348 e. The maximum atomic E-state index is 12.5. The number of nitrogens with zero attached hydrogens (tertiary/aromatic N) is 2. The summed E-state index contributed by atoms with van der Waals surface area (Å²) in [4.78, 5) is 23.2. The highest BCUT2D eigenvalue weighted by Crippen LogP contribution is 2.29. The van der Waals surface area contributed by atoms with Crippen LogP contribution in [0.25, 0.3) is 21.8 Å². The lowest BCUT2D eigenvalue weighted by atomic mass is 10.1. The normalized spacial score (nSPS) is 11.9. The van der Waals surface area contributed by atoms with E-state index in [4.69, 9.17) is 9.47 Å². The molecule has 0 aliphatic carbocycles. The third-order valence-corrected chi connectivity index (χ3v) is 7.26. The number of carbonyl (C=O) groups excluding carboxylic acids is 1. The Bertz CT molecular complexity index is 1030. The SMILES string of the molecule is CCCCCCCOc1ccc(-c2ncc(-c3ccc(C(=O)OC(C)CCCCCC)s3)cn2)cc1. The summed E-state index contributed by atoms with van der Waals surface area (Å²) in [5.41, 5.74) is 1.83. The summed E-state index contributed by atoms with van der Waals surface area (Å²) in [6.07, 6.45) is 15.3. The lowest BCUT2D eigenvalue weighted by Gasteiger charge is -2.12. The second kappa shape index (κ2) is 15.4. The van der Waals surface area contributed by atoms with Crippen molar-refractivity contribution in [2.45, 2.75) is 91.1 Å². The van der Waals surface area contributed by atoms with Gasteiger partial charge in [-0.15, -0.1) is 11.3 Å². The molecule has 0 aliphatic heterocycles. The van der Waals surface area contributed by atoms with Crippen LogP contribution in [0.1, 0.15) is 94.7 Å². The van der Waals surface area contributed by atoms with Crippen molar-refractivity contribution in [3.8, 4) is 27.6 Å². The third-order valence-electron chi connectivity index (χ3n) is 6.15. The molecule has 0 bridgehead atoms. The number of unbranched alkanes of at least 4 members (excludes halogenated alkanes) is 7. The van der Waals surface area contributed by atoms with Crippen LogP contribution in [0.2, 0.25) is 0 Å². The van der Waals surface area contributed by atoms with E-state index in [2.05, 4.69) is 23.8 Å². The van der Waals surface area contributed by atoms with Crippen molar-refractivity contribution in [3.05, 3.63) is 53.7 Å². The number of carbonyl (C=O) groups is 1. The molecule has 0 spiro atoms. The minimum Gasteiger partial charge on any atom is -0.494 e. The molecule has 1 unspecified atom stereocenters. The molecule has 3 aromatic rings. The van der Waals surface area contributed by atoms with Crippen molar-refractivity contribution >= 4 is 17.3 Å². The Labute approximate surface area is 220 Å². The predicted molar refractivity (Wildman–Crippen MR) is 149 cm³/mol. The molecule has 6 heteroatoms. The number of thiophene rings is 1. The van der Waals surface area contributed by atoms with E-state index >= 15 is 0 Å². The zero-order valence-electron chi connectivity index (χ0n) is 22.0. The van der Waals surface area contributed by atoms with Gasteiger partial charge in [0.05, 0.1) is 12.7 Å². The Morgan fingerprint density at radius 3 is 2.19 bits per heavy atom. The summed E-state index contributed by atoms with van der Waals surface area (Å²) in [7, 11) is 0. The lowest BCUT2D eigenvalue weighted by molar-refractivity contribution is 0.0325. The van der Waals surface area contributed by atoms with Gasteiger partial charge in [0.1, 0.15) is 10.6 Å². The van der Waals surface area contributed by atoms with E-state index in [0.29, 0.717) is 10.7 Å². The molecule has 0 aliphatic rings. The molecule has 1 aromatic carbocycles. The second-order valence-electron chi connectivity index (χ2n) is 9.31. The minimum atomic E-state index is -0.255. The van der Waals surface area contributed by atoms with Crippen LogP contribution in [-0.4, -0.2) is 28.6 Å². The Morgan fingerprint density at radius 1 is 0.833 bits per heavy atom. The average molecular weight is 509 g/mol. The highest BCUT2D eigenvalue weighted by Gasteiger charge is 2.15. The fraction of sp³-hybridized carbons (Fsp3) is 0.500. The topological polar surface area (TPSA) is 61.3 Å². The fourth-order valence-electron chi connectivity index (χ4n) is 3.96. The number of esters is 1. The Morgan fingerprint density at radius 2 is 1.50 bits per heavy atom. The Hall–Kier alpha value is -2.73. The number of hydrogen-bond acceptors (Lipinski definition) is 6. The lowest BCUT2D eigenvalue weighted by Crippen LogP contribution is -2.14. The summed E-state index contributed by atoms with van der Waals surface area (Å²) < 4.78 is 11.5. The summed E-state index contributed by atoms with van der Waals surface area (Å²) in [5, 5.41) is 0. The van der Waals surface area contributed by atoms with E-state index in [1.807, 2.05) is 43.3 Å².